The Labute approximate surface area is 162 Å². The topological polar surface area (TPSA) is 56.2 Å². The molecule has 0 radical (unpaired) electrons. The van der Waals surface area contributed by atoms with Crippen molar-refractivity contribution in [2.75, 3.05) is 5.32 Å². The molecule has 1 aliphatic rings. The van der Waals surface area contributed by atoms with E-state index in [0.29, 0.717) is 15.6 Å². The fraction of sp³-hybridized carbons (Fsp3) is 0.368. The summed E-state index contributed by atoms with van der Waals surface area (Å²) in [4.78, 5) is 13.0. The first-order chi connectivity index (χ1) is 12.1. The molecule has 2 heterocycles. The van der Waals surface area contributed by atoms with Gasteiger partial charge in [0.25, 0.3) is 0 Å². The third-order valence-electron chi connectivity index (χ3n) is 3.97. The van der Waals surface area contributed by atoms with Crippen molar-refractivity contribution in [2.24, 2.45) is 0 Å². The van der Waals surface area contributed by atoms with Crippen LogP contribution >= 0.6 is 23.2 Å². The highest BCUT2D eigenvalue weighted by Crippen LogP contribution is 2.39. The molecule has 1 aromatic carbocycles. The number of carbonyl (C=O) groups excluding carboxylic acids is 1. The maximum absolute atomic E-state index is 13.0. The maximum atomic E-state index is 13.0. The SMILES string of the molecule is CC1=C(C(=O)OC(C)(C)C)C(c2ccc(Cl)c(Cl)c2)n2nc(C)cc2N1. The van der Waals surface area contributed by atoms with E-state index in [2.05, 4.69) is 10.4 Å². The Morgan fingerprint density at radius 3 is 2.50 bits per heavy atom. The van der Waals surface area contributed by atoms with E-state index >= 15 is 0 Å². The van der Waals surface area contributed by atoms with E-state index in [1.807, 2.05) is 46.8 Å². The van der Waals surface area contributed by atoms with Crippen LogP contribution in [0.2, 0.25) is 10.0 Å². The number of aryl methyl sites for hydroxylation is 1. The molecule has 1 atom stereocenters. The lowest BCUT2D eigenvalue weighted by molar-refractivity contribution is -0.150. The quantitative estimate of drug-likeness (QED) is 0.718. The van der Waals surface area contributed by atoms with Crippen molar-refractivity contribution in [1.82, 2.24) is 9.78 Å². The minimum atomic E-state index is -0.604. The number of rotatable bonds is 2. The second-order valence-electron chi connectivity index (χ2n) is 7.36. The van der Waals surface area contributed by atoms with Gasteiger partial charge in [-0.15, -0.1) is 0 Å². The summed E-state index contributed by atoms with van der Waals surface area (Å²) in [5.41, 5.74) is 2.27. The predicted molar refractivity (Wildman–Crippen MR) is 104 cm³/mol. The van der Waals surface area contributed by atoms with Gasteiger partial charge in [-0.25, -0.2) is 9.48 Å². The van der Waals surface area contributed by atoms with Gasteiger partial charge in [0, 0.05) is 11.8 Å². The number of fused-ring (bicyclic) bond motifs is 1. The van der Waals surface area contributed by atoms with Crippen LogP contribution in [-0.2, 0) is 9.53 Å². The van der Waals surface area contributed by atoms with Crippen LogP contribution in [0.5, 0.6) is 0 Å². The third kappa shape index (κ3) is 3.60. The van der Waals surface area contributed by atoms with Gasteiger partial charge in [0.2, 0.25) is 0 Å². The minimum Gasteiger partial charge on any atom is -0.456 e. The number of ether oxygens (including phenoxy) is 1. The number of nitrogens with zero attached hydrogens (tertiary/aromatic N) is 2. The normalized spacial score (nSPS) is 17.0. The van der Waals surface area contributed by atoms with Gasteiger partial charge in [-0.1, -0.05) is 29.3 Å². The Morgan fingerprint density at radius 2 is 1.88 bits per heavy atom. The molecule has 1 aliphatic heterocycles. The van der Waals surface area contributed by atoms with Gasteiger partial charge < -0.3 is 10.1 Å². The van der Waals surface area contributed by atoms with E-state index < -0.39 is 17.6 Å². The lowest BCUT2D eigenvalue weighted by Crippen LogP contribution is -2.33. The third-order valence-corrected chi connectivity index (χ3v) is 4.71. The zero-order valence-electron chi connectivity index (χ0n) is 15.4. The summed E-state index contributed by atoms with van der Waals surface area (Å²) in [6.45, 7) is 9.29. The molecule has 138 valence electrons. The van der Waals surface area contributed by atoms with Crippen LogP contribution in [-0.4, -0.2) is 21.4 Å². The Hall–Kier alpha value is -1.98. The fourth-order valence-corrected chi connectivity index (χ4v) is 3.29. The van der Waals surface area contributed by atoms with Crippen molar-refractivity contribution in [1.29, 1.82) is 0 Å². The van der Waals surface area contributed by atoms with Crippen LogP contribution in [0.15, 0.2) is 35.5 Å². The van der Waals surface area contributed by atoms with E-state index in [-0.39, 0.29) is 0 Å². The van der Waals surface area contributed by atoms with Crippen molar-refractivity contribution in [2.45, 2.75) is 46.3 Å². The number of anilines is 1. The lowest BCUT2D eigenvalue weighted by atomic mass is 9.95. The zero-order chi connectivity index (χ0) is 19.2. The van der Waals surface area contributed by atoms with E-state index in [4.69, 9.17) is 27.9 Å². The average Bonchev–Trinajstić information content (AvgIpc) is 2.86. The van der Waals surface area contributed by atoms with Gasteiger partial charge in [-0.05, 0) is 52.3 Å². The van der Waals surface area contributed by atoms with Crippen LogP contribution in [0, 0.1) is 6.92 Å². The molecule has 7 heteroatoms. The van der Waals surface area contributed by atoms with Crippen LogP contribution in [0.3, 0.4) is 0 Å². The number of esters is 1. The minimum absolute atomic E-state index is 0.391. The highest BCUT2D eigenvalue weighted by molar-refractivity contribution is 6.42. The first-order valence-corrected chi connectivity index (χ1v) is 9.04. The number of benzene rings is 1. The van der Waals surface area contributed by atoms with Gasteiger partial charge in [0.1, 0.15) is 17.5 Å². The average molecular weight is 394 g/mol. The number of hydrogen-bond donors (Lipinski definition) is 1. The number of allylic oxidation sites excluding steroid dienone is 1. The highest BCUT2D eigenvalue weighted by Gasteiger charge is 2.35. The molecule has 1 N–H and O–H groups in total. The van der Waals surface area contributed by atoms with Crippen molar-refractivity contribution >= 4 is 35.0 Å². The van der Waals surface area contributed by atoms with Gasteiger partial charge in [0.05, 0.1) is 21.3 Å². The second kappa shape index (κ2) is 6.63. The molecule has 0 saturated carbocycles. The number of carbonyl (C=O) groups is 1. The molecular weight excluding hydrogens is 373 g/mol. The van der Waals surface area contributed by atoms with Gasteiger partial charge >= 0.3 is 5.97 Å². The van der Waals surface area contributed by atoms with Gasteiger partial charge in [-0.2, -0.15) is 5.10 Å². The summed E-state index contributed by atoms with van der Waals surface area (Å²) in [5.74, 6) is 0.417. The Bertz CT molecular complexity index is 910. The monoisotopic (exact) mass is 393 g/mol. The summed E-state index contributed by atoms with van der Waals surface area (Å²) >= 11 is 12.3. The van der Waals surface area contributed by atoms with Crippen LogP contribution in [0.25, 0.3) is 0 Å². The highest BCUT2D eigenvalue weighted by atomic mass is 35.5. The summed E-state index contributed by atoms with van der Waals surface area (Å²) in [5, 5.41) is 8.69. The van der Waals surface area contributed by atoms with E-state index in [9.17, 15) is 4.79 Å². The molecule has 1 aromatic heterocycles. The predicted octanol–water partition coefficient (Wildman–Crippen LogP) is 5.13. The molecule has 0 bridgehead atoms. The van der Waals surface area contributed by atoms with Gasteiger partial charge in [-0.3, -0.25) is 0 Å². The van der Waals surface area contributed by atoms with Crippen molar-refractivity contribution in [3.63, 3.8) is 0 Å². The molecule has 0 aliphatic carbocycles. The lowest BCUT2D eigenvalue weighted by Gasteiger charge is -2.31. The van der Waals surface area contributed by atoms with E-state index in [1.54, 1.807) is 16.8 Å². The fourth-order valence-electron chi connectivity index (χ4n) is 2.98. The number of nitrogens with one attached hydrogen (secondary N) is 1. The summed E-state index contributed by atoms with van der Waals surface area (Å²) in [7, 11) is 0. The number of aromatic nitrogens is 2. The van der Waals surface area contributed by atoms with Gasteiger partial charge in [0.15, 0.2) is 0 Å². The molecule has 26 heavy (non-hydrogen) atoms. The first kappa shape index (κ1) is 18.8. The molecule has 5 nitrogen and oxygen atoms in total. The summed E-state index contributed by atoms with van der Waals surface area (Å²) in [6.07, 6.45) is 0. The molecule has 3 rings (SSSR count). The zero-order valence-corrected chi connectivity index (χ0v) is 16.9. The standard InChI is InChI=1S/C19H21Cl2N3O2/c1-10-8-15-22-11(2)16(18(25)26-19(3,4)5)17(24(15)23-10)12-6-7-13(20)14(21)9-12/h6-9,17,22H,1-5H3. The van der Waals surface area contributed by atoms with Crippen LogP contribution in [0.1, 0.15) is 45.0 Å². The largest absolute Gasteiger partial charge is 0.456 e. The Balaban J connectivity index is 2.16. The Morgan fingerprint density at radius 1 is 1.19 bits per heavy atom. The van der Waals surface area contributed by atoms with Crippen LogP contribution in [0.4, 0.5) is 5.82 Å². The maximum Gasteiger partial charge on any atom is 0.338 e. The molecule has 0 amide bonds. The Kier molecular flexibility index (Phi) is 4.80. The number of hydrogen-bond acceptors (Lipinski definition) is 4. The van der Waals surface area contributed by atoms with E-state index in [1.165, 1.54) is 0 Å². The molecule has 0 fully saturated rings. The van der Waals surface area contributed by atoms with Crippen molar-refractivity contribution in [3.05, 3.63) is 56.8 Å². The molecule has 0 saturated heterocycles. The molecule has 2 aromatic rings. The number of halogens is 2. The van der Waals surface area contributed by atoms with Crippen LogP contribution < -0.4 is 5.32 Å². The summed E-state index contributed by atoms with van der Waals surface area (Å²) in [6, 6.07) is 6.81. The van der Waals surface area contributed by atoms with Crippen molar-refractivity contribution < 1.29 is 9.53 Å². The first-order valence-electron chi connectivity index (χ1n) is 8.29. The second-order valence-corrected chi connectivity index (χ2v) is 8.17. The molecule has 0 spiro atoms. The molecular formula is C19H21Cl2N3O2. The van der Waals surface area contributed by atoms with Crippen molar-refractivity contribution in [3.8, 4) is 0 Å². The smallest absolute Gasteiger partial charge is 0.338 e. The summed E-state index contributed by atoms with van der Waals surface area (Å²) < 4.78 is 7.42. The van der Waals surface area contributed by atoms with E-state index in [0.717, 1.165) is 22.8 Å². The molecule has 1 unspecified atom stereocenters.